The lowest BCUT2D eigenvalue weighted by atomic mass is 9.97. The van der Waals surface area contributed by atoms with Crippen LogP contribution in [-0.2, 0) is 34.6 Å². The number of nitrogens with zero attached hydrogens (tertiary/aromatic N) is 1. The zero-order chi connectivity index (χ0) is 29.3. The molecule has 2 amide bonds. The molecule has 0 spiro atoms. The van der Waals surface area contributed by atoms with E-state index >= 15 is 0 Å². The summed E-state index contributed by atoms with van der Waals surface area (Å²) in [4.78, 5) is 51.1. The zero-order valence-electron chi connectivity index (χ0n) is 22.9. The highest BCUT2D eigenvalue weighted by atomic mass is 31.1. The summed E-state index contributed by atoms with van der Waals surface area (Å²) in [7, 11) is -2.66. The summed E-state index contributed by atoms with van der Waals surface area (Å²) in [5.41, 5.74) is 0.463. The van der Waals surface area contributed by atoms with Crippen LogP contribution in [0.4, 0.5) is 0 Å². The van der Waals surface area contributed by atoms with Gasteiger partial charge in [0.05, 0.1) is 5.41 Å². The molecule has 0 aliphatic carbocycles. The van der Waals surface area contributed by atoms with Crippen molar-refractivity contribution < 1.29 is 38.1 Å². The Morgan fingerprint density at radius 1 is 1.05 bits per heavy atom. The average Bonchev–Trinajstić information content (AvgIpc) is 3.40. The van der Waals surface area contributed by atoms with Crippen LogP contribution in [0.25, 0.3) is 0 Å². The van der Waals surface area contributed by atoms with Gasteiger partial charge in [-0.15, -0.1) is 4.52 Å². The lowest BCUT2D eigenvalue weighted by Crippen LogP contribution is -2.42. The van der Waals surface area contributed by atoms with E-state index in [2.05, 4.69) is 5.32 Å². The Morgan fingerprint density at radius 2 is 1.68 bits per heavy atom. The Kier molecular flexibility index (Phi) is 10.9. The summed E-state index contributed by atoms with van der Waals surface area (Å²) in [6.07, 6.45) is -0.687. The molecule has 1 heterocycles. The molecule has 1 aliphatic rings. The number of esters is 1. The number of hydrogen-bond donors (Lipinski definition) is 2. The van der Waals surface area contributed by atoms with E-state index in [9.17, 15) is 28.8 Å². The number of nitrogens with one attached hydrogen (secondary N) is 1. The SMILES string of the molecule is CC(C)(C)C(=O)O[C@H](CC(Cc1ccccc1)NC(=O)c1ccccc1)O[P+](=O)CC(=O)N1CCC[C@H]1C(=O)O. The van der Waals surface area contributed by atoms with E-state index in [1.165, 1.54) is 4.90 Å². The van der Waals surface area contributed by atoms with Crippen molar-refractivity contribution in [1.82, 2.24) is 10.2 Å². The highest BCUT2D eigenvalue weighted by Crippen LogP contribution is 2.31. The van der Waals surface area contributed by atoms with Crippen molar-refractivity contribution in [3.8, 4) is 0 Å². The fourth-order valence-electron chi connectivity index (χ4n) is 4.28. The smallest absolute Gasteiger partial charge is 0.480 e. The number of carbonyl (C=O) groups excluding carboxylic acids is 3. The van der Waals surface area contributed by atoms with Crippen LogP contribution >= 0.6 is 8.03 Å². The van der Waals surface area contributed by atoms with Crippen molar-refractivity contribution in [3.05, 3.63) is 71.8 Å². The minimum atomic E-state index is -2.66. The van der Waals surface area contributed by atoms with Gasteiger partial charge in [0.1, 0.15) is 6.04 Å². The zero-order valence-corrected chi connectivity index (χ0v) is 23.8. The minimum Gasteiger partial charge on any atom is -0.480 e. The van der Waals surface area contributed by atoms with Crippen molar-refractivity contribution >= 4 is 31.8 Å². The van der Waals surface area contributed by atoms with Gasteiger partial charge in [-0.05, 0) is 62.3 Å². The Balaban J connectivity index is 1.77. The normalized spacial score (nSPS) is 17.0. The molecule has 2 N–H and O–H groups in total. The summed E-state index contributed by atoms with van der Waals surface area (Å²) in [5.74, 6) is -2.66. The Hall–Kier alpha value is -3.62. The van der Waals surface area contributed by atoms with Gasteiger partial charge in [0.15, 0.2) is 0 Å². The summed E-state index contributed by atoms with van der Waals surface area (Å²) < 4.78 is 24.2. The van der Waals surface area contributed by atoms with E-state index in [4.69, 9.17) is 9.26 Å². The quantitative estimate of drug-likeness (QED) is 0.220. The van der Waals surface area contributed by atoms with Crippen LogP contribution in [0.5, 0.6) is 0 Å². The number of benzene rings is 2. The topological polar surface area (TPSA) is 139 Å². The predicted octanol–water partition coefficient (Wildman–Crippen LogP) is 4.17. The Bertz CT molecular complexity index is 1200. The molecule has 1 saturated heterocycles. The number of carbonyl (C=O) groups is 4. The monoisotopic (exact) mass is 571 g/mol. The van der Waals surface area contributed by atoms with E-state index in [-0.39, 0.29) is 18.9 Å². The number of ether oxygens (including phenoxy) is 1. The molecular formula is C29H36N2O8P+. The van der Waals surface area contributed by atoms with Crippen LogP contribution in [0.3, 0.4) is 0 Å². The number of rotatable bonds is 12. The highest BCUT2D eigenvalue weighted by Gasteiger charge is 2.40. The molecule has 0 radical (unpaired) electrons. The van der Waals surface area contributed by atoms with Gasteiger partial charge in [0.25, 0.3) is 24.3 Å². The second-order valence-corrected chi connectivity index (χ2v) is 11.9. The Labute approximate surface area is 234 Å². The van der Waals surface area contributed by atoms with E-state index in [0.29, 0.717) is 24.8 Å². The minimum absolute atomic E-state index is 0.0357. The van der Waals surface area contributed by atoms with E-state index in [1.807, 2.05) is 30.3 Å². The number of carboxylic acids is 1. The van der Waals surface area contributed by atoms with Gasteiger partial charge in [0, 0.05) is 24.6 Å². The number of carboxylic acid groups (broad SMARTS) is 1. The van der Waals surface area contributed by atoms with Crippen molar-refractivity contribution in [3.63, 3.8) is 0 Å². The van der Waals surface area contributed by atoms with Crippen molar-refractivity contribution in [2.75, 3.05) is 12.7 Å². The molecule has 214 valence electrons. The van der Waals surface area contributed by atoms with Crippen LogP contribution in [0.15, 0.2) is 60.7 Å². The third kappa shape index (κ3) is 9.24. The van der Waals surface area contributed by atoms with Crippen LogP contribution < -0.4 is 5.32 Å². The predicted molar refractivity (Wildman–Crippen MR) is 148 cm³/mol. The first-order chi connectivity index (χ1) is 18.9. The van der Waals surface area contributed by atoms with Crippen molar-refractivity contribution in [2.24, 2.45) is 5.41 Å². The van der Waals surface area contributed by atoms with Gasteiger partial charge in [-0.25, -0.2) is 4.79 Å². The van der Waals surface area contributed by atoms with E-state index in [1.54, 1.807) is 51.1 Å². The molecule has 1 fully saturated rings. The molecule has 11 heteroatoms. The van der Waals surface area contributed by atoms with Crippen LogP contribution in [0.2, 0.25) is 0 Å². The fraction of sp³-hybridized carbons (Fsp3) is 0.448. The maximum absolute atomic E-state index is 13.0. The van der Waals surface area contributed by atoms with Crippen LogP contribution in [0, 0.1) is 5.41 Å². The first-order valence-electron chi connectivity index (χ1n) is 13.2. The van der Waals surface area contributed by atoms with Gasteiger partial charge < -0.3 is 20.1 Å². The van der Waals surface area contributed by atoms with Gasteiger partial charge in [-0.2, -0.15) is 0 Å². The average molecular weight is 572 g/mol. The lowest BCUT2D eigenvalue weighted by molar-refractivity contribution is -0.174. The Morgan fingerprint density at radius 3 is 2.27 bits per heavy atom. The molecule has 3 rings (SSSR count). The molecule has 0 bridgehead atoms. The number of amides is 2. The number of hydrogen-bond acceptors (Lipinski definition) is 7. The maximum Gasteiger partial charge on any atom is 0.522 e. The van der Waals surface area contributed by atoms with Crippen molar-refractivity contribution in [1.29, 1.82) is 0 Å². The fourth-order valence-corrected chi connectivity index (χ4v) is 5.15. The number of aliphatic carboxylic acids is 1. The first-order valence-corrected chi connectivity index (χ1v) is 14.5. The van der Waals surface area contributed by atoms with Gasteiger partial charge in [0.2, 0.25) is 0 Å². The third-order valence-corrected chi connectivity index (χ3v) is 7.38. The van der Waals surface area contributed by atoms with Crippen LogP contribution in [0.1, 0.15) is 56.0 Å². The first kappa shape index (κ1) is 30.9. The molecule has 2 unspecified atom stereocenters. The molecule has 10 nitrogen and oxygen atoms in total. The summed E-state index contributed by atoms with van der Waals surface area (Å²) in [6, 6.07) is 16.5. The largest absolute Gasteiger partial charge is 0.522 e. The second-order valence-electron chi connectivity index (χ2n) is 10.7. The molecule has 4 atom stereocenters. The van der Waals surface area contributed by atoms with E-state index < -0.39 is 55.8 Å². The summed E-state index contributed by atoms with van der Waals surface area (Å²) in [6.45, 7) is 5.24. The molecule has 1 aliphatic heterocycles. The van der Waals surface area contributed by atoms with Gasteiger partial charge in [-0.1, -0.05) is 48.5 Å². The maximum atomic E-state index is 13.0. The van der Waals surface area contributed by atoms with Crippen LogP contribution in [-0.4, -0.2) is 64.8 Å². The molecule has 2 aromatic carbocycles. The van der Waals surface area contributed by atoms with Gasteiger partial charge in [-0.3, -0.25) is 14.4 Å². The summed E-state index contributed by atoms with van der Waals surface area (Å²) in [5, 5.41) is 12.3. The molecule has 40 heavy (non-hydrogen) atoms. The number of likely N-dealkylation sites (tertiary alicyclic amines) is 1. The lowest BCUT2D eigenvalue weighted by Gasteiger charge is -2.25. The highest BCUT2D eigenvalue weighted by molar-refractivity contribution is 7.40. The van der Waals surface area contributed by atoms with E-state index in [0.717, 1.165) is 5.56 Å². The molecule has 0 aromatic heterocycles. The molecule has 0 saturated carbocycles. The summed E-state index contributed by atoms with van der Waals surface area (Å²) >= 11 is 0. The van der Waals surface area contributed by atoms with Crippen molar-refractivity contribution in [2.45, 2.75) is 64.8 Å². The second kappa shape index (κ2) is 14.1. The standard InChI is InChI=1S/C29H35N2O8P/c1-29(2,3)28(36)38-25(39-40(37)19-24(32)31-16-10-15-23(31)27(34)35)18-22(17-20-11-6-4-7-12-20)30-26(33)21-13-8-5-9-14-21/h4-9,11-14,22-23,25H,10,15-19H2,1-3H3,(H-,30,33,34,35)/p+1/t22?,23-,25-/m0/s1. The van der Waals surface area contributed by atoms with Gasteiger partial charge >= 0.3 is 20.0 Å². The molecular weight excluding hydrogens is 535 g/mol. The molecule has 2 aromatic rings. The third-order valence-electron chi connectivity index (χ3n) is 6.38.